The number of ether oxygens (including phenoxy) is 3. The number of carbonyl (C=O) groups excluding carboxylic acids is 2. The van der Waals surface area contributed by atoms with Crippen LogP contribution in [0.1, 0.15) is 17.3 Å². The van der Waals surface area contributed by atoms with Crippen molar-refractivity contribution in [3.05, 3.63) is 54.1 Å². The summed E-state index contributed by atoms with van der Waals surface area (Å²) in [6, 6.07) is 13.9. The normalized spacial score (nSPS) is 17.0. The Balaban J connectivity index is 1.47. The number of carbonyl (C=O) groups is 2. The average molecular weight is 380 g/mol. The highest BCUT2D eigenvalue weighted by molar-refractivity contribution is 5.95. The van der Waals surface area contributed by atoms with Crippen molar-refractivity contribution in [1.29, 1.82) is 0 Å². The van der Waals surface area contributed by atoms with Crippen molar-refractivity contribution in [1.82, 2.24) is 5.32 Å². The standard InChI is InChI=1S/C21H20N2O5/c1-14-19(28-18-11-5-4-10-17(18)27-14)21(25)23-12-6-7-13-26-16-9-3-2-8-15(16)20(22)24/h2-5,8-11,14,19H,12-13H2,1H3,(H2,22,24)(H,23,25). The summed E-state index contributed by atoms with van der Waals surface area (Å²) >= 11 is 0. The maximum atomic E-state index is 12.3. The van der Waals surface area contributed by atoms with Crippen molar-refractivity contribution in [3.63, 3.8) is 0 Å². The first-order chi connectivity index (χ1) is 13.6. The van der Waals surface area contributed by atoms with Crippen LogP contribution in [0.15, 0.2) is 48.5 Å². The molecule has 1 heterocycles. The molecule has 2 aromatic carbocycles. The van der Waals surface area contributed by atoms with Gasteiger partial charge in [-0.05, 0) is 31.2 Å². The lowest BCUT2D eigenvalue weighted by atomic mass is 10.1. The molecule has 7 heteroatoms. The first-order valence-corrected chi connectivity index (χ1v) is 8.73. The summed E-state index contributed by atoms with van der Waals surface area (Å²) in [6.07, 6.45) is -1.17. The molecule has 28 heavy (non-hydrogen) atoms. The fraction of sp³-hybridized carbons (Fsp3) is 0.238. The van der Waals surface area contributed by atoms with Gasteiger partial charge in [-0.15, -0.1) is 0 Å². The number of nitrogens with one attached hydrogen (secondary N) is 1. The number of hydrogen-bond acceptors (Lipinski definition) is 5. The van der Waals surface area contributed by atoms with Gasteiger partial charge in [0.25, 0.3) is 11.8 Å². The zero-order valence-electron chi connectivity index (χ0n) is 15.3. The summed E-state index contributed by atoms with van der Waals surface area (Å²) in [5.74, 6) is 6.21. The topological polar surface area (TPSA) is 99.9 Å². The average Bonchev–Trinajstić information content (AvgIpc) is 2.70. The van der Waals surface area contributed by atoms with E-state index in [0.29, 0.717) is 22.8 Å². The molecule has 0 aliphatic carbocycles. The molecule has 0 aromatic heterocycles. The molecule has 3 rings (SSSR count). The largest absolute Gasteiger partial charge is 0.482 e. The molecule has 0 bridgehead atoms. The number of benzene rings is 2. The molecule has 2 atom stereocenters. The van der Waals surface area contributed by atoms with Crippen LogP contribution in [-0.4, -0.2) is 37.2 Å². The number of nitrogens with two attached hydrogens (primary N) is 1. The van der Waals surface area contributed by atoms with E-state index in [-0.39, 0.29) is 19.1 Å². The van der Waals surface area contributed by atoms with Crippen LogP contribution in [0.25, 0.3) is 0 Å². The van der Waals surface area contributed by atoms with E-state index in [4.69, 9.17) is 19.9 Å². The maximum absolute atomic E-state index is 12.3. The molecule has 3 N–H and O–H groups in total. The second-order valence-corrected chi connectivity index (χ2v) is 6.03. The van der Waals surface area contributed by atoms with Gasteiger partial charge in [-0.2, -0.15) is 0 Å². The molecule has 2 aromatic rings. The van der Waals surface area contributed by atoms with Gasteiger partial charge < -0.3 is 25.3 Å². The van der Waals surface area contributed by atoms with E-state index in [1.807, 2.05) is 12.1 Å². The van der Waals surface area contributed by atoms with Gasteiger partial charge in [0.2, 0.25) is 6.10 Å². The van der Waals surface area contributed by atoms with E-state index in [9.17, 15) is 9.59 Å². The van der Waals surface area contributed by atoms with Gasteiger partial charge in [-0.1, -0.05) is 36.1 Å². The molecule has 0 fully saturated rings. The van der Waals surface area contributed by atoms with Crippen molar-refractivity contribution in [2.45, 2.75) is 19.1 Å². The minimum atomic E-state index is -0.754. The Morgan fingerprint density at radius 3 is 2.50 bits per heavy atom. The van der Waals surface area contributed by atoms with Crippen LogP contribution < -0.4 is 25.3 Å². The molecule has 0 radical (unpaired) electrons. The van der Waals surface area contributed by atoms with Crippen molar-refractivity contribution < 1.29 is 23.8 Å². The monoisotopic (exact) mass is 380 g/mol. The van der Waals surface area contributed by atoms with Crippen LogP contribution in [0.4, 0.5) is 0 Å². The lowest BCUT2D eigenvalue weighted by Gasteiger charge is -2.30. The fourth-order valence-electron chi connectivity index (χ4n) is 2.66. The second kappa shape index (κ2) is 8.82. The number of primary amides is 1. The maximum Gasteiger partial charge on any atom is 0.265 e. The van der Waals surface area contributed by atoms with E-state index in [2.05, 4.69) is 17.2 Å². The Morgan fingerprint density at radius 2 is 1.75 bits per heavy atom. The summed E-state index contributed by atoms with van der Waals surface area (Å²) in [6.45, 7) is 1.97. The quantitative estimate of drug-likeness (QED) is 0.766. The third kappa shape index (κ3) is 4.54. The molecule has 1 aliphatic heterocycles. The van der Waals surface area contributed by atoms with Gasteiger partial charge in [-0.3, -0.25) is 9.59 Å². The van der Waals surface area contributed by atoms with Gasteiger partial charge >= 0.3 is 0 Å². The summed E-state index contributed by atoms with van der Waals surface area (Å²) in [5.41, 5.74) is 5.58. The van der Waals surface area contributed by atoms with Crippen molar-refractivity contribution in [2.24, 2.45) is 5.73 Å². The Labute approximate surface area is 162 Å². The molecule has 1 aliphatic rings. The lowest BCUT2D eigenvalue weighted by molar-refractivity contribution is -0.133. The minimum absolute atomic E-state index is 0.0625. The Morgan fingerprint density at radius 1 is 1.07 bits per heavy atom. The fourth-order valence-corrected chi connectivity index (χ4v) is 2.66. The Hall–Kier alpha value is -3.66. The minimum Gasteiger partial charge on any atom is -0.482 e. The Bertz CT molecular complexity index is 932. The van der Waals surface area contributed by atoms with Gasteiger partial charge in [0.15, 0.2) is 11.5 Å². The van der Waals surface area contributed by atoms with Gasteiger partial charge in [0, 0.05) is 0 Å². The lowest BCUT2D eigenvalue weighted by Crippen LogP contribution is -2.49. The first kappa shape index (κ1) is 19.1. The van der Waals surface area contributed by atoms with E-state index in [1.54, 1.807) is 43.3 Å². The predicted molar refractivity (Wildman–Crippen MR) is 102 cm³/mol. The molecule has 7 nitrogen and oxygen atoms in total. The molecule has 2 unspecified atom stereocenters. The zero-order valence-corrected chi connectivity index (χ0v) is 15.3. The van der Waals surface area contributed by atoms with Crippen molar-refractivity contribution >= 4 is 11.8 Å². The van der Waals surface area contributed by atoms with Crippen LogP contribution >= 0.6 is 0 Å². The number of rotatable bonds is 5. The van der Waals surface area contributed by atoms with Gasteiger partial charge in [0.1, 0.15) is 18.5 Å². The number of amides is 2. The first-order valence-electron chi connectivity index (χ1n) is 8.73. The highest BCUT2D eigenvalue weighted by Crippen LogP contribution is 2.33. The van der Waals surface area contributed by atoms with Crippen LogP contribution in [0.5, 0.6) is 17.2 Å². The molecule has 0 saturated carbocycles. The zero-order chi connectivity index (χ0) is 19.9. The third-order valence-corrected chi connectivity index (χ3v) is 4.03. The molecule has 0 spiro atoms. The molecule has 0 saturated heterocycles. The predicted octanol–water partition coefficient (Wildman–Crippen LogP) is 1.51. The van der Waals surface area contributed by atoms with Crippen LogP contribution in [0, 0.1) is 11.8 Å². The molecule has 144 valence electrons. The Kier molecular flexibility index (Phi) is 6.02. The molecular weight excluding hydrogens is 360 g/mol. The smallest absolute Gasteiger partial charge is 0.265 e. The summed E-state index contributed by atoms with van der Waals surface area (Å²) in [7, 11) is 0. The van der Waals surface area contributed by atoms with E-state index >= 15 is 0 Å². The number of para-hydroxylation sites is 3. The third-order valence-electron chi connectivity index (χ3n) is 4.03. The van der Waals surface area contributed by atoms with E-state index < -0.39 is 18.1 Å². The van der Waals surface area contributed by atoms with Gasteiger partial charge in [-0.25, -0.2) is 0 Å². The summed E-state index contributed by atoms with van der Waals surface area (Å²) in [5, 5.41) is 2.69. The molecular formula is C21H20N2O5. The summed E-state index contributed by atoms with van der Waals surface area (Å²) < 4.78 is 16.9. The van der Waals surface area contributed by atoms with Gasteiger partial charge in [0.05, 0.1) is 12.1 Å². The highest BCUT2D eigenvalue weighted by Gasteiger charge is 2.33. The number of hydrogen-bond donors (Lipinski definition) is 2. The van der Waals surface area contributed by atoms with Crippen LogP contribution in [0.3, 0.4) is 0 Å². The van der Waals surface area contributed by atoms with E-state index in [0.717, 1.165) is 0 Å². The van der Waals surface area contributed by atoms with Crippen molar-refractivity contribution in [3.8, 4) is 29.1 Å². The van der Waals surface area contributed by atoms with Crippen molar-refractivity contribution in [2.75, 3.05) is 13.2 Å². The van der Waals surface area contributed by atoms with E-state index in [1.165, 1.54) is 0 Å². The highest BCUT2D eigenvalue weighted by atomic mass is 16.6. The van der Waals surface area contributed by atoms with Crippen LogP contribution in [0.2, 0.25) is 0 Å². The second-order valence-electron chi connectivity index (χ2n) is 6.03. The van der Waals surface area contributed by atoms with Crippen LogP contribution in [-0.2, 0) is 4.79 Å². The molecule has 2 amide bonds. The summed E-state index contributed by atoms with van der Waals surface area (Å²) in [4.78, 5) is 23.6. The SMILES string of the molecule is CC1Oc2ccccc2OC1C(=O)NCC#CCOc1ccccc1C(N)=O. The number of fused-ring (bicyclic) bond motifs is 1.